The largest absolute Gasteiger partial charge is 0.493 e. The lowest BCUT2D eigenvalue weighted by Crippen LogP contribution is -2.58. The van der Waals surface area contributed by atoms with Crippen molar-refractivity contribution in [3.63, 3.8) is 0 Å². The summed E-state index contributed by atoms with van der Waals surface area (Å²) in [4.78, 5) is 92.7. The maximum absolute atomic E-state index is 14.9. The Morgan fingerprint density at radius 2 is 1.52 bits per heavy atom. The van der Waals surface area contributed by atoms with Crippen LogP contribution < -0.4 is 36.1 Å². The number of carbonyl (C=O) groups excluding carboxylic acids is 6. The molecule has 79 heavy (non-hydrogen) atoms. The SMILES string of the molecule is CN[C@@H](C)C(=O)N[C@H](C(=O)N1C[C@@H](Oc2cccc(OCCCCC(=O)N[C@H](C(=O)N3C[C@H](O)C[C@H]3C(=O)N[C@@H](C)c3ccc(-c4scnc4C)cc3)C(C)(C)C)c2)C[C@H]1C(=O)N[C@H]1CCCc2ccccc21)C1CCCCC1. The van der Waals surface area contributed by atoms with Gasteiger partial charge in [0.2, 0.25) is 35.4 Å². The number of hydrogen-bond donors (Lipinski definition) is 6. The molecule has 426 valence electrons. The van der Waals surface area contributed by atoms with Crippen molar-refractivity contribution in [3.8, 4) is 21.9 Å². The number of likely N-dealkylation sites (tertiary alicyclic amines) is 2. The Balaban J connectivity index is 0.848. The van der Waals surface area contributed by atoms with Crippen LogP contribution in [0.2, 0.25) is 0 Å². The minimum Gasteiger partial charge on any atom is -0.493 e. The van der Waals surface area contributed by atoms with Gasteiger partial charge >= 0.3 is 0 Å². The first-order valence-corrected chi connectivity index (χ1v) is 29.4. The minimum atomic E-state index is -0.949. The van der Waals surface area contributed by atoms with E-state index in [2.05, 4.69) is 43.7 Å². The minimum absolute atomic E-state index is 0.0224. The third-order valence-electron chi connectivity index (χ3n) is 16.3. The number of rotatable bonds is 21. The van der Waals surface area contributed by atoms with Crippen molar-refractivity contribution in [2.75, 3.05) is 26.7 Å². The molecule has 2 saturated heterocycles. The van der Waals surface area contributed by atoms with Crippen LogP contribution in [0.4, 0.5) is 0 Å². The van der Waals surface area contributed by atoms with Crippen LogP contribution in [-0.4, -0.2) is 124 Å². The molecule has 18 heteroatoms. The van der Waals surface area contributed by atoms with E-state index in [9.17, 15) is 33.9 Å². The fraction of sp³-hybridized carbons (Fsp3) is 0.557. The van der Waals surface area contributed by atoms with Crippen LogP contribution in [0.15, 0.2) is 78.3 Å². The Bertz CT molecular complexity index is 2760. The van der Waals surface area contributed by atoms with Crippen molar-refractivity contribution in [2.45, 2.75) is 180 Å². The Morgan fingerprint density at radius 3 is 2.24 bits per heavy atom. The number of hydrogen-bond acceptors (Lipinski definition) is 12. The predicted molar refractivity (Wildman–Crippen MR) is 304 cm³/mol. The number of aliphatic hydroxyl groups excluding tert-OH is 1. The smallest absolute Gasteiger partial charge is 0.246 e. The number of fused-ring (bicyclic) bond motifs is 1. The van der Waals surface area contributed by atoms with Gasteiger partial charge in [-0.2, -0.15) is 0 Å². The lowest BCUT2D eigenvalue weighted by Gasteiger charge is -2.35. The van der Waals surface area contributed by atoms with Crippen LogP contribution in [0.25, 0.3) is 10.4 Å². The molecule has 2 aliphatic heterocycles. The maximum atomic E-state index is 14.9. The Labute approximate surface area is 469 Å². The first kappa shape index (κ1) is 58.8. The maximum Gasteiger partial charge on any atom is 0.246 e. The number of benzene rings is 3. The standard InChI is InChI=1S/C61H82N8O9S/c1-37(40-26-28-43(29-27-40)54-38(2)63-36-79-54)64-57(73)50-31-44(70)34-68(50)60(76)55(61(4,5)6)66-52(71)25-13-14-30-77-45-21-16-22-46(32-45)78-47-33-51(58(74)65-49-24-15-20-41-17-11-12-23-48(41)49)69(35-47)59(75)53(42-18-9-8-10-19-42)67-56(72)39(3)62-7/h11-12,16-17,21-23,26-29,32,36-37,39,42,44,47,49-51,53,55,62,70H,8-10,13-15,18-20,24-25,30-31,33-35H2,1-7H3,(H,64,73)(H,65,74)(H,66,71)(H,67,72)/t37-,39-,44+,47-,49-,50-,51-,53-,55+/m0/s1. The average Bonchev–Trinajstić information content (AvgIpc) is 4.23. The van der Waals surface area contributed by atoms with Crippen LogP contribution in [-0.2, 0) is 35.2 Å². The number of β-amino-alcohol motifs (C(OH)–C–C–N with tert-alkyl or cyclic N) is 1. The quantitative estimate of drug-likeness (QED) is 0.0457. The van der Waals surface area contributed by atoms with Crippen LogP contribution in [0.5, 0.6) is 11.5 Å². The van der Waals surface area contributed by atoms with E-state index in [1.54, 1.807) is 36.3 Å². The molecule has 8 rings (SSSR count). The fourth-order valence-corrected chi connectivity index (χ4v) is 12.5. The highest BCUT2D eigenvalue weighted by atomic mass is 32.1. The van der Waals surface area contributed by atoms with E-state index >= 15 is 0 Å². The molecule has 0 spiro atoms. The number of aliphatic hydroxyl groups is 1. The number of unbranched alkanes of at least 4 members (excludes halogenated alkanes) is 1. The molecule has 1 aromatic heterocycles. The van der Waals surface area contributed by atoms with Crippen LogP contribution in [0.3, 0.4) is 0 Å². The number of thiazole rings is 1. The van der Waals surface area contributed by atoms with Gasteiger partial charge in [-0.15, -0.1) is 11.3 Å². The third kappa shape index (κ3) is 14.9. The number of aryl methyl sites for hydroxylation is 2. The summed E-state index contributed by atoms with van der Waals surface area (Å²) < 4.78 is 12.7. The number of aromatic nitrogens is 1. The van der Waals surface area contributed by atoms with Crippen molar-refractivity contribution >= 4 is 46.8 Å². The molecule has 6 amide bonds. The van der Waals surface area contributed by atoms with Crippen molar-refractivity contribution in [1.29, 1.82) is 0 Å². The second kappa shape index (κ2) is 26.7. The molecule has 3 heterocycles. The molecule has 3 fully saturated rings. The van der Waals surface area contributed by atoms with Crippen LogP contribution in [0, 0.1) is 18.3 Å². The molecule has 0 bridgehead atoms. The second-order valence-corrected chi connectivity index (χ2v) is 24.0. The first-order valence-electron chi connectivity index (χ1n) is 28.5. The topological polar surface area (TPSA) is 221 Å². The molecule has 3 aromatic carbocycles. The lowest BCUT2D eigenvalue weighted by molar-refractivity contribution is -0.144. The van der Waals surface area contributed by atoms with Gasteiger partial charge in [0.25, 0.3) is 0 Å². The van der Waals surface area contributed by atoms with Crippen LogP contribution >= 0.6 is 11.3 Å². The number of nitrogens with one attached hydrogen (secondary N) is 5. The molecule has 6 N–H and O–H groups in total. The second-order valence-electron chi connectivity index (χ2n) is 23.2. The van der Waals surface area contributed by atoms with E-state index in [0.29, 0.717) is 30.9 Å². The molecular formula is C61H82N8O9S. The summed E-state index contributed by atoms with van der Waals surface area (Å²) in [6.07, 6.45) is 7.42. The fourth-order valence-electron chi connectivity index (χ4n) is 11.6. The van der Waals surface area contributed by atoms with E-state index in [1.165, 1.54) is 10.5 Å². The average molecular weight is 1100 g/mol. The van der Waals surface area contributed by atoms with Crippen molar-refractivity contribution in [3.05, 3.63) is 101 Å². The highest BCUT2D eigenvalue weighted by molar-refractivity contribution is 7.13. The van der Waals surface area contributed by atoms with Crippen molar-refractivity contribution < 1.29 is 43.3 Å². The highest BCUT2D eigenvalue weighted by Crippen LogP contribution is 2.35. The molecule has 17 nitrogen and oxygen atoms in total. The van der Waals surface area contributed by atoms with Gasteiger partial charge in [-0.25, -0.2) is 4.98 Å². The van der Waals surface area contributed by atoms with Gasteiger partial charge < -0.3 is 51.0 Å². The molecule has 0 radical (unpaired) electrons. The highest BCUT2D eigenvalue weighted by Gasteiger charge is 2.47. The number of likely N-dealkylation sites (N-methyl/N-ethyl adjacent to an activating group) is 1. The van der Waals surface area contributed by atoms with Gasteiger partial charge in [0, 0.05) is 31.9 Å². The van der Waals surface area contributed by atoms with Crippen LogP contribution in [0.1, 0.15) is 146 Å². The first-order chi connectivity index (χ1) is 37.9. The van der Waals surface area contributed by atoms with E-state index in [4.69, 9.17) is 9.47 Å². The molecule has 9 atom stereocenters. The van der Waals surface area contributed by atoms with Gasteiger partial charge in [0.1, 0.15) is 41.8 Å². The predicted octanol–water partition coefficient (Wildman–Crippen LogP) is 7.25. The van der Waals surface area contributed by atoms with Gasteiger partial charge in [0.05, 0.1) is 53.5 Å². The van der Waals surface area contributed by atoms with Gasteiger partial charge in [-0.05, 0) is 118 Å². The third-order valence-corrected chi connectivity index (χ3v) is 17.3. The Morgan fingerprint density at radius 1 is 0.797 bits per heavy atom. The van der Waals surface area contributed by atoms with E-state index < -0.39 is 53.7 Å². The number of amides is 6. The summed E-state index contributed by atoms with van der Waals surface area (Å²) in [5, 5.41) is 26.1. The zero-order valence-corrected chi connectivity index (χ0v) is 47.9. The summed E-state index contributed by atoms with van der Waals surface area (Å²) in [5.74, 6) is -0.854. The molecule has 1 saturated carbocycles. The summed E-state index contributed by atoms with van der Waals surface area (Å²) in [6.45, 7) is 11.6. The Hall–Kier alpha value is -6.37. The summed E-state index contributed by atoms with van der Waals surface area (Å²) in [7, 11) is 1.71. The number of ether oxygens (including phenoxy) is 2. The lowest BCUT2D eigenvalue weighted by atomic mass is 9.83. The summed E-state index contributed by atoms with van der Waals surface area (Å²) >= 11 is 1.57. The zero-order valence-electron chi connectivity index (χ0n) is 47.1. The van der Waals surface area contributed by atoms with Gasteiger partial charge in [-0.1, -0.05) is 94.6 Å². The van der Waals surface area contributed by atoms with Gasteiger partial charge in [-0.3, -0.25) is 28.8 Å². The van der Waals surface area contributed by atoms with E-state index in [0.717, 1.165) is 78.6 Å². The van der Waals surface area contributed by atoms with Crippen molar-refractivity contribution in [2.24, 2.45) is 11.3 Å². The van der Waals surface area contributed by atoms with E-state index in [1.807, 2.05) is 94.7 Å². The van der Waals surface area contributed by atoms with Gasteiger partial charge in [0.15, 0.2) is 0 Å². The molecule has 2 aliphatic carbocycles. The molecule has 0 unspecified atom stereocenters. The van der Waals surface area contributed by atoms with E-state index in [-0.39, 0.29) is 79.9 Å². The Kier molecular flexibility index (Phi) is 19.9. The molecular weight excluding hydrogens is 1020 g/mol. The summed E-state index contributed by atoms with van der Waals surface area (Å²) in [6, 6.07) is 18.9. The molecule has 4 aliphatic rings. The normalized spacial score (nSPS) is 21.9. The van der Waals surface area contributed by atoms with Crippen molar-refractivity contribution in [1.82, 2.24) is 41.4 Å². The zero-order chi connectivity index (χ0) is 56.4. The molecule has 4 aromatic rings. The summed E-state index contributed by atoms with van der Waals surface area (Å²) in [5.41, 5.74) is 6.33. The monoisotopic (exact) mass is 1100 g/mol. The number of carbonyl (C=O) groups is 6. The number of nitrogens with zero attached hydrogens (tertiary/aromatic N) is 3.